The number of nitrogens with zero attached hydrogens (tertiary/aromatic N) is 2. The highest BCUT2D eigenvalue weighted by Gasteiger charge is 2.27. The molecular formula is C20H18FN3O4S. The number of rotatable bonds is 8. The van der Waals surface area contributed by atoms with Crippen LogP contribution < -0.4 is 5.43 Å². The Balaban J connectivity index is 1.72. The molecule has 3 aromatic rings. The van der Waals surface area contributed by atoms with Crippen LogP contribution >= 0.6 is 0 Å². The second kappa shape index (κ2) is 9.26. The average Bonchev–Trinajstić information content (AvgIpc) is 3.23. The molecule has 0 atom stereocenters. The van der Waals surface area contributed by atoms with Gasteiger partial charge in [-0.1, -0.05) is 30.3 Å². The van der Waals surface area contributed by atoms with Crippen molar-refractivity contribution in [3.8, 4) is 0 Å². The Hall–Kier alpha value is -3.30. The number of nitrogens with one attached hydrogen (secondary N) is 1. The molecule has 29 heavy (non-hydrogen) atoms. The van der Waals surface area contributed by atoms with Crippen molar-refractivity contribution in [3.63, 3.8) is 0 Å². The van der Waals surface area contributed by atoms with Gasteiger partial charge in [-0.25, -0.2) is 18.2 Å². The molecule has 0 aliphatic carbocycles. The van der Waals surface area contributed by atoms with E-state index in [1.54, 1.807) is 30.3 Å². The molecule has 0 radical (unpaired) electrons. The summed E-state index contributed by atoms with van der Waals surface area (Å²) >= 11 is 0. The van der Waals surface area contributed by atoms with Crippen molar-refractivity contribution in [1.29, 1.82) is 0 Å². The Bertz CT molecular complexity index is 1070. The lowest BCUT2D eigenvalue weighted by atomic mass is 10.2. The third-order valence-corrected chi connectivity index (χ3v) is 5.69. The lowest BCUT2D eigenvalue weighted by molar-refractivity contribution is -0.121. The number of carbonyl (C=O) groups is 1. The van der Waals surface area contributed by atoms with Crippen LogP contribution in [0.4, 0.5) is 4.39 Å². The maximum atomic E-state index is 13.0. The normalized spacial score (nSPS) is 11.8. The zero-order valence-corrected chi connectivity index (χ0v) is 16.0. The lowest BCUT2D eigenvalue weighted by Gasteiger charge is -2.20. The topological polar surface area (TPSA) is 92.0 Å². The van der Waals surface area contributed by atoms with Crippen molar-refractivity contribution in [2.24, 2.45) is 5.10 Å². The van der Waals surface area contributed by atoms with Gasteiger partial charge in [0.05, 0.1) is 30.5 Å². The van der Waals surface area contributed by atoms with Gasteiger partial charge in [0.1, 0.15) is 11.6 Å². The monoisotopic (exact) mass is 415 g/mol. The highest BCUT2D eigenvalue weighted by Crippen LogP contribution is 2.18. The maximum Gasteiger partial charge on any atom is 0.255 e. The predicted molar refractivity (Wildman–Crippen MR) is 105 cm³/mol. The molecule has 0 aliphatic rings. The van der Waals surface area contributed by atoms with E-state index in [0.29, 0.717) is 11.3 Å². The van der Waals surface area contributed by atoms with E-state index in [2.05, 4.69) is 10.5 Å². The minimum atomic E-state index is -3.94. The molecule has 0 aliphatic heterocycles. The fourth-order valence-electron chi connectivity index (χ4n) is 2.47. The van der Waals surface area contributed by atoms with Crippen LogP contribution in [0.15, 0.2) is 87.4 Å². The number of carbonyl (C=O) groups excluding carboxylic acids is 1. The number of hydrogen-bond donors (Lipinski definition) is 1. The summed E-state index contributed by atoms with van der Waals surface area (Å²) in [6.45, 7) is -0.571. The lowest BCUT2D eigenvalue weighted by Crippen LogP contribution is -2.38. The van der Waals surface area contributed by atoms with E-state index in [1.165, 1.54) is 48.9 Å². The second-order valence-electron chi connectivity index (χ2n) is 6.01. The molecule has 1 amide bonds. The molecule has 0 unspecified atom stereocenters. The number of hydrogen-bond acceptors (Lipinski definition) is 5. The Kier molecular flexibility index (Phi) is 6.53. The molecule has 0 bridgehead atoms. The summed E-state index contributed by atoms with van der Waals surface area (Å²) in [4.78, 5) is 12.3. The van der Waals surface area contributed by atoms with Gasteiger partial charge in [-0.15, -0.1) is 0 Å². The fourth-order valence-corrected chi connectivity index (χ4v) is 3.85. The summed E-state index contributed by atoms with van der Waals surface area (Å²) in [6.07, 6.45) is 2.76. The van der Waals surface area contributed by atoms with Gasteiger partial charge in [0, 0.05) is 0 Å². The van der Waals surface area contributed by atoms with Crippen LogP contribution in [0.1, 0.15) is 11.3 Å². The van der Waals surface area contributed by atoms with E-state index < -0.39 is 22.5 Å². The van der Waals surface area contributed by atoms with Crippen LogP contribution in [0, 0.1) is 5.82 Å². The van der Waals surface area contributed by atoms with E-state index in [-0.39, 0.29) is 17.3 Å². The summed E-state index contributed by atoms with van der Waals surface area (Å²) in [6, 6.07) is 16.6. The van der Waals surface area contributed by atoms with Crippen molar-refractivity contribution in [2.75, 3.05) is 6.54 Å². The minimum absolute atomic E-state index is 0.0640. The smallest absolute Gasteiger partial charge is 0.255 e. The molecule has 1 aromatic heterocycles. The Morgan fingerprint density at radius 2 is 1.79 bits per heavy atom. The summed E-state index contributed by atoms with van der Waals surface area (Å²) in [7, 11) is -3.94. The molecule has 9 heteroatoms. The average molecular weight is 415 g/mol. The summed E-state index contributed by atoms with van der Waals surface area (Å²) in [5.74, 6) is -0.618. The number of amides is 1. The van der Waals surface area contributed by atoms with Gasteiger partial charge < -0.3 is 4.42 Å². The first-order chi connectivity index (χ1) is 13.9. The number of sulfonamides is 1. The van der Waals surface area contributed by atoms with Gasteiger partial charge in [0.25, 0.3) is 5.91 Å². The van der Waals surface area contributed by atoms with E-state index in [4.69, 9.17) is 4.42 Å². The Labute approximate surface area is 167 Å². The van der Waals surface area contributed by atoms with Crippen LogP contribution in [0.2, 0.25) is 0 Å². The van der Waals surface area contributed by atoms with Gasteiger partial charge in [-0.05, 0) is 42.0 Å². The molecule has 0 spiro atoms. The van der Waals surface area contributed by atoms with Crippen LogP contribution in [0.3, 0.4) is 0 Å². The van der Waals surface area contributed by atoms with Crippen LogP contribution in [-0.2, 0) is 21.4 Å². The highest BCUT2D eigenvalue weighted by molar-refractivity contribution is 7.89. The van der Waals surface area contributed by atoms with Crippen molar-refractivity contribution < 1.29 is 22.0 Å². The first-order valence-corrected chi connectivity index (χ1v) is 10.0. The molecule has 2 aromatic carbocycles. The standard InChI is InChI=1S/C20H18FN3O4S/c21-17-10-8-16(9-11-17)13-22-23-20(25)15-24(14-18-5-4-12-28-18)29(26,27)19-6-2-1-3-7-19/h1-13H,14-15H2,(H,23,25)/b22-13-. The van der Waals surface area contributed by atoms with Crippen LogP contribution in [0.5, 0.6) is 0 Å². The first kappa shape index (κ1) is 20.4. The van der Waals surface area contributed by atoms with Gasteiger partial charge >= 0.3 is 0 Å². The molecule has 0 saturated carbocycles. The van der Waals surface area contributed by atoms with Crippen molar-refractivity contribution in [3.05, 3.63) is 90.1 Å². The molecule has 0 fully saturated rings. The molecule has 1 heterocycles. The second-order valence-corrected chi connectivity index (χ2v) is 7.95. The van der Waals surface area contributed by atoms with Gasteiger partial charge in [0.15, 0.2) is 0 Å². The minimum Gasteiger partial charge on any atom is -0.468 e. The van der Waals surface area contributed by atoms with Gasteiger partial charge in [-0.3, -0.25) is 4.79 Å². The summed E-state index contributed by atoms with van der Waals surface area (Å²) in [5, 5.41) is 3.78. The summed E-state index contributed by atoms with van der Waals surface area (Å²) < 4.78 is 45.0. The number of furan rings is 1. The van der Waals surface area contributed by atoms with Crippen molar-refractivity contribution in [1.82, 2.24) is 9.73 Å². The number of benzene rings is 2. The molecular weight excluding hydrogens is 397 g/mol. The van der Waals surface area contributed by atoms with E-state index in [0.717, 1.165) is 4.31 Å². The predicted octanol–water partition coefficient (Wildman–Crippen LogP) is 2.76. The van der Waals surface area contributed by atoms with E-state index in [9.17, 15) is 17.6 Å². The summed E-state index contributed by atoms with van der Waals surface area (Å²) in [5.41, 5.74) is 2.86. The quantitative estimate of drug-likeness (QED) is 0.452. The Morgan fingerprint density at radius 1 is 1.07 bits per heavy atom. The third-order valence-electron chi connectivity index (χ3n) is 3.89. The molecule has 150 valence electrons. The van der Waals surface area contributed by atoms with Crippen molar-refractivity contribution >= 4 is 22.1 Å². The maximum absolute atomic E-state index is 13.0. The van der Waals surface area contributed by atoms with E-state index >= 15 is 0 Å². The zero-order valence-electron chi connectivity index (χ0n) is 15.2. The largest absolute Gasteiger partial charge is 0.468 e. The van der Waals surface area contributed by atoms with Crippen molar-refractivity contribution in [2.45, 2.75) is 11.4 Å². The van der Waals surface area contributed by atoms with E-state index in [1.807, 2.05) is 0 Å². The number of hydrazone groups is 1. The molecule has 0 saturated heterocycles. The fraction of sp³-hybridized carbons (Fsp3) is 0.100. The molecule has 1 N–H and O–H groups in total. The highest BCUT2D eigenvalue weighted by atomic mass is 32.2. The SMILES string of the molecule is O=C(CN(Cc1ccco1)S(=O)(=O)c1ccccc1)N/N=C\c1ccc(F)cc1. The van der Waals surface area contributed by atoms with Gasteiger partial charge in [-0.2, -0.15) is 9.41 Å². The molecule has 3 rings (SSSR count). The number of halogens is 1. The molecule has 7 nitrogen and oxygen atoms in total. The first-order valence-electron chi connectivity index (χ1n) is 8.60. The Morgan fingerprint density at radius 3 is 2.45 bits per heavy atom. The zero-order chi connectivity index (χ0) is 20.7. The third kappa shape index (κ3) is 5.59. The van der Waals surface area contributed by atoms with Crippen LogP contribution in [-0.4, -0.2) is 31.4 Å². The van der Waals surface area contributed by atoms with Crippen LogP contribution in [0.25, 0.3) is 0 Å². The van der Waals surface area contributed by atoms with Gasteiger partial charge in [0.2, 0.25) is 10.0 Å².